The summed E-state index contributed by atoms with van der Waals surface area (Å²) >= 11 is 1.50. The molecule has 0 aliphatic carbocycles. The average molecular weight is 273 g/mol. The monoisotopic (exact) mass is 273 g/mol. The summed E-state index contributed by atoms with van der Waals surface area (Å²) in [6.07, 6.45) is -2.53. The topological polar surface area (TPSA) is 12.0 Å². The van der Waals surface area contributed by atoms with Crippen LogP contribution >= 0.6 is 11.3 Å². The first-order valence-corrected chi connectivity index (χ1v) is 6.62. The lowest BCUT2D eigenvalue weighted by Gasteiger charge is -2.07. The summed E-state index contributed by atoms with van der Waals surface area (Å²) < 4.78 is 38.9. The molecule has 0 fully saturated rings. The van der Waals surface area contributed by atoms with Crippen LogP contribution in [-0.4, -0.2) is 13.6 Å². The normalized spacial score (nSPS) is 12.2. The minimum atomic E-state index is -4.27. The van der Waals surface area contributed by atoms with E-state index < -0.39 is 11.7 Å². The highest BCUT2D eigenvalue weighted by molar-refractivity contribution is 7.17. The summed E-state index contributed by atoms with van der Waals surface area (Å²) in [5.74, 6) is 0. The van der Waals surface area contributed by atoms with Gasteiger partial charge in [0.25, 0.3) is 0 Å². The number of hydrogen-bond donors (Lipinski definition) is 1. The van der Waals surface area contributed by atoms with Gasteiger partial charge < -0.3 is 5.32 Å². The van der Waals surface area contributed by atoms with Crippen LogP contribution in [0.15, 0.2) is 23.6 Å². The number of halogens is 3. The molecule has 0 spiro atoms. The van der Waals surface area contributed by atoms with E-state index in [1.54, 1.807) is 6.07 Å². The lowest BCUT2D eigenvalue weighted by Crippen LogP contribution is -2.08. The molecule has 0 aliphatic rings. The Morgan fingerprint density at radius 2 is 2.06 bits per heavy atom. The molecule has 0 radical (unpaired) electrons. The second kappa shape index (κ2) is 5.28. The molecule has 0 aliphatic heterocycles. The van der Waals surface area contributed by atoms with E-state index in [4.69, 9.17) is 0 Å². The van der Waals surface area contributed by atoms with Crippen molar-refractivity contribution in [2.75, 3.05) is 13.6 Å². The predicted molar refractivity (Wildman–Crippen MR) is 69.1 cm³/mol. The average Bonchev–Trinajstić information content (AvgIpc) is 2.71. The summed E-state index contributed by atoms with van der Waals surface area (Å²) in [5.41, 5.74) is 0.444. The van der Waals surface area contributed by atoms with Gasteiger partial charge in [-0.05, 0) is 61.0 Å². The van der Waals surface area contributed by atoms with Gasteiger partial charge in [-0.2, -0.15) is 13.2 Å². The largest absolute Gasteiger partial charge is 0.416 e. The van der Waals surface area contributed by atoms with Gasteiger partial charge in [-0.1, -0.05) is 0 Å². The van der Waals surface area contributed by atoms with E-state index in [2.05, 4.69) is 5.32 Å². The van der Waals surface area contributed by atoms with Crippen molar-refractivity contribution >= 4 is 21.4 Å². The summed E-state index contributed by atoms with van der Waals surface area (Å²) in [6.45, 7) is 0.871. The molecular weight excluding hydrogens is 259 g/mol. The zero-order chi connectivity index (χ0) is 13.2. The zero-order valence-corrected chi connectivity index (χ0v) is 10.8. The standard InChI is InChI=1S/C13H14F3NS/c1-17-6-2-3-9-8-18-12-5-4-10(7-11(9)12)13(14,15)16/h4-5,7-8,17H,2-3,6H2,1H3. The second-order valence-corrected chi connectivity index (χ2v) is 5.09. The Balaban J connectivity index is 2.31. The first-order chi connectivity index (χ1) is 8.52. The molecule has 1 nitrogen and oxygen atoms in total. The molecule has 0 saturated heterocycles. The summed E-state index contributed by atoms with van der Waals surface area (Å²) in [4.78, 5) is 0. The van der Waals surface area contributed by atoms with Crippen molar-refractivity contribution in [2.45, 2.75) is 19.0 Å². The van der Waals surface area contributed by atoms with Gasteiger partial charge >= 0.3 is 6.18 Å². The minimum Gasteiger partial charge on any atom is -0.320 e. The van der Waals surface area contributed by atoms with Gasteiger partial charge in [0.05, 0.1) is 5.56 Å². The highest BCUT2D eigenvalue weighted by Crippen LogP contribution is 2.34. The molecule has 1 aromatic carbocycles. The summed E-state index contributed by atoms with van der Waals surface area (Å²) in [6, 6.07) is 3.97. The van der Waals surface area contributed by atoms with Crippen LogP contribution in [0.2, 0.25) is 0 Å². The first kappa shape index (κ1) is 13.4. The Hall–Kier alpha value is -1.07. The Labute approximate surface area is 108 Å². The fourth-order valence-corrected chi connectivity index (χ4v) is 2.88. The second-order valence-electron chi connectivity index (χ2n) is 4.18. The van der Waals surface area contributed by atoms with Crippen molar-refractivity contribution in [1.29, 1.82) is 0 Å². The third-order valence-electron chi connectivity index (χ3n) is 2.85. The fraction of sp³-hybridized carbons (Fsp3) is 0.385. The van der Waals surface area contributed by atoms with Crippen LogP contribution < -0.4 is 5.32 Å². The maximum absolute atomic E-state index is 12.7. The molecule has 1 aromatic heterocycles. The van der Waals surface area contributed by atoms with Crippen molar-refractivity contribution in [3.05, 3.63) is 34.7 Å². The molecular formula is C13H14F3NS. The number of nitrogens with one attached hydrogen (secondary N) is 1. The zero-order valence-electron chi connectivity index (χ0n) is 9.97. The molecule has 5 heteroatoms. The maximum Gasteiger partial charge on any atom is 0.416 e. The number of rotatable bonds is 4. The van der Waals surface area contributed by atoms with Crippen LogP contribution in [0.5, 0.6) is 0 Å². The summed E-state index contributed by atoms with van der Waals surface area (Å²) in [7, 11) is 1.87. The van der Waals surface area contributed by atoms with E-state index >= 15 is 0 Å². The van der Waals surface area contributed by atoms with E-state index in [0.717, 1.165) is 41.1 Å². The number of thiophene rings is 1. The third kappa shape index (κ3) is 2.84. The molecule has 1 N–H and O–H groups in total. The molecule has 0 atom stereocenters. The molecule has 0 saturated carbocycles. The van der Waals surface area contributed by atoms with Crippen molar-refractivity contribution in [3.63, 3.8) is 0 Å². The molecule has 0 bridgehead atoms. The van der Waals surface area contributed by atoms with Gasteiger partial charge in [-0.3, -0.25) is 0 Å². The van der Waals surface area contributed by atoms with E-state index in [1.165, 1.54) is 17.4 Å². The SMILES string of the molecule is CNCCCc1csc2ccc(C(F)(F)F)cc12. The van der Waals surface area contributed by atoms with Crippen LogP contribution in [0.25, 0.3) is 10.1 Å². The Morgan fingerprint density at radius 1 is 1.28 bits per heavy atom. The quantitative estimate of drug-likeness (QED) is 0.828. The van der Waals surface area contributed by atoms with Crippen LogP contribution in [0.4, 0.5) is 13.2 Å². The molecule has 98 valence electrons. The van der Waals surface area contributed by atoms with Crippen LogP contribution in [0.3, 0.4) is 0 Å². The van der Waals surface area contributed by atoms with Gasteiger partial charge in [-0.25, -0.2) is 0 Å². The number of alkyl halides is 3. The van der Waals surface area contributed by atoms with Gasteiger partial charge in [-0.15, -0.1) is 11.3 Å². The molecule has 1 heterocycles. The smallest absolute Gasteiger partial charge is 0.320 e. The van der Waals surface area contributed by atoms with Crippen molar-refractivity contribution in [1.82, 2.24) is 5.32 Å². The molecule has 2 aromatic rings. The number of fused-ring (bicyclic) bond motifs is 1. The van der Waals surface area contributed by atoms with E-state index in [0.29, 0.717) is 0 Å². The Kier molecular flexibility index (Phi) is 3.92. The van der Waals surface area contributed by atoms with Gasteiger partial charge in [0.1, 0.15) is 0 Å². The Bertz CT molecular complexity index is 531. The van der Waals surface area contributed by atoms with Crippen LogP contribution in [0.1, 0.15) is 17.5 Å². The van der Waals surface area contributed by atoms with Crippen molar-refractivity contribution in [2.24, 2.45) is 0 Å². The van der Waals surface area contributed by atoms with E-state index in [-0.39, 0.29) is 0 Å². The molecule has 0 unspecified atom stereocenters. The molecule has 2 rings (SSSR count). The van der Waals surface area contributed by atoms with Crippen molar-refractivity contribution < 1.29 is 13.2 Å². The third-order valence-corrected chi connectivity index (χ3v) is 3.87. The highest BCUT2D eigenvalue weighted by atomic mass is 32.1. The van der Waals surface area contributed by atoms with Crippen LogP contribution in [-0.2, 0) is 12.6 Å². The number of benzene rings is 1. The first-order valence-electron chi connectivity index (χ1n) is 5.74. The lowest BCUT2D eigenvalue weighted by atomic mass is 10.1. The van der Waals surface area contributed by atoms with Gasteiger partial charge in [0.2, 0.25) is 0 Å². The number of hydrogen-bond acceptors (Lipinski definition) is 2. The lowest BCUT2D eigenvalue weighted by molar-refractivity contribution is -0.137. The van der Waals surface area contributed by atoms with Crippen molar-refractivity contribution in [3.8, 4) is 0 Å². The predicted octanol–water partition coefficient (Wildman–Crippen LogP) is 4.07. The van der Waals surface area contributed by atoms with Gasteiger partial charge in [0, 0.05) is 4.70 Å². The highest BCUT2D eigenvalue weighted by Gasteiger charge is 2.30. The van der Waals surface area contributed by atoms with Crippen LogP contribution in [0, 0.1) is 0 Å². The summed E-state index contributed by atoms with van der Waals surface area (Å²) in [5, 5.41) is 5.74. The maximum atomic E-state index is 12.7. The number of aryl methyl sites for hydroxylation is 1. The molecule has 18 heavy (non-hydrogen) atoms. The van der Waals surface area contributed by atoms with E-state index in [9.17, 15) is 13.2 Å². The Morgan fingerprint density at radius 3 is 2.72 bits per heavy atom. The minimum absolute atomic E-state index is 0.566. The van der Waals surface area contributed by atoms with E-state index in [1.807, 2.05) is 12.4 Å². The molecule has 0 amide bonds. The van der Waals surface area contributed by atoms with Gasteiger partial charge in [0.15, 0.2) is 0 Å². The fourth-order valence-electron chi connectivity index (χ4n) is 1.91.